The smallest absolute Gasteiger partial charge is 0.219 e. The Morgan fingerprint density at radius 3 is 1.83 bits per heavy atom. The van der Waals surface area contributed by atoms with Crippen molar-refractivity contribution in [2.24, 2.45) is 0 Å². The van der Waals surface area contributed by atoms with Crippen LogP contribution >= 0.6 is 0 Å². The number of nitrogens with one attached hydrogen (secondary N) is 1. The Balaban J connectivity index is 1.75. The Morgan fingerprint density at radius 1 is 0.743 bits per heavy atom. The van der Waals surface area contributed by atoms with Gasteiger partial charge in [-0.05, 0) is 38.5 Å². The largest absolute Gasteiger partial charge is 0.356 e. The van der Waals surface area contributed by atoms with E-state index in [9.17, 15) is 4.79 Å². The average molecular weight is 486 g/mol. The van der Waals surface area contributed by atoms with E-state index in [0.717, 1.165) is 25.9 Å². The van der Waals surface area contributed by atoms with Crippen LogP contribution in [0.5, 0.6) is 0 Å². The molecule has 0 unspecified atom stereocenters. The summed E-state index contributed by atoms with van der Waals surface area (Å²) in [6.07, 6.45) is 40.1. The molecule has 0 aliphatic rings. The number of allylic oxidation sites excluding steroid dienone is 4. The minimum atomic E-state index is 0.196. The molecule has 4 heteroatoms. The second-order valence-corrected chi connectivity index (χ2v) is 9.99. The zero-order chi connectivity index (χ0) is 25.1. The molecular formula is C31H55N3O. The third-order valence-corrected chi connectivity index (χ3v) is 6.61. The van der Waals surface area contributed by atoms with Crippen LogP contribution in [0.3, 0.4) is 0 Å². The minimum Gasteiger partial charge on any atom is -0.356 e. The molecule has 0 saturated heterocycles. The van der Waals surface area contributed by atoms with E-state index < -0.39 is 0 Å². The summed E-state index contributed by atoms with van der Waals surface area (Å²) in [5.74, 6) is 0.196. The van der Waals surface area contributed by atoms with Crippen molar-refractivity contribution in [1.29, 1.82) is 0 Å². The molecule has 200 valence electrons. The van der Waals surface area contributed by atoms with Gasteiger partial charge in [-0.25, -0.2) is 4.98 Å². The molecule has 0 aliphatic heterocycles. The van der Waals surface area contributed by atoms with Gasteiger partial charge in [-0.2, -0.15) is 0 Å². The molecule has 0 fully saturated rings. The first-order valence-electron chi connectivity index (χ1n) is 14.9. The minimum absolute atomic E-state index is 0.196. The van der Waals surface area contributed by atoms with Gasteiger partial charge in [0.1, 0.15) is 0 Å². The van der Waals surface area contributed by atoms with Gasteiger partial charge in [-0.15, -0.1) is 0 Å². The molecule has 1 amide bonds. The van der Waals surface area contributed by atoms with Crippen LogP contribution in [0.2, 0.25) is 0 Å². The highest BCUT2D eigenvalue weighted by atomic mass is 16.1. The predicted molar refractivity (Wildman–Crippen MR) is 152 cm³/mol. The van der Waals surface area contributed by atoms with E-state index in [0.29, 0.717) is 6.42 Å². The number of amides is 1. The maximum atomic E-state index is 11.9. The number of nitrogens with zero attached hydrogens (tertiary/aromatic N) is 2. The summed E-state index contributed by atoms with van der Waals surface area (Å²) in [6.45, 7) is 3.94. The zero-order valence-corrected chi connectivity index (χ0v) is 22.9. The maximum Gasteiger partial charge on any atom is 0.219 e. The number of hydrogen-bond acceptors (Lipinski definition) is 2. The van der Waals surface area contributed by atoms with E-state index in [-0.39, 0.29) is 5.91 Å². The van der Waals surface area contributed by atoms with Gasteiger partial charge in [-0.3, -0.25) is 4.79 Å². The first-order chi connectivity index (χ1) is 17.3. The lowest BCUT2D eigenvalue weighted by Gasteiger charge is -2.06. The van der Waals surface area contributed by atoms with Gasteiger partial charge in [-0.1, -0.05) is 115 Å². The van der Waals surface area contributed by atoms with Gasteiger partial charge in [0.05, 0.1) is 6.33 Å². The van der Waals surface area contributed by atoms with Crippen LogP contribution in [-0.4, -0.2) is 22.0 Å². The van der Waals surface area contributed by atoms with E-state index in [1.807, 2.05) is 17.1 Å². The highest BCUT2D eigenvalue weighted by Crippen LogP contribution is 2.12. The summed E-state index contributed by atoms with van der Waals surface area (Å²) in [6, 6.07) is 0. The number of rotatable bonds is 25. The standard InChI is InChI=1S/C31H55N3O/c1-2-3-4-5-6-7-8-9-10-11-12-13-14-15-16-17-18-19-20-21-22-23-25-31(35)33-26-24-28-34-29-27-32-30-34/h13-16,27,29-30H,2-12,17-26,28H2,1H3,(H,33,35). The van der Waals surface area contributed by atoms with E-state index in [4.69, 9.17) is 0 Å². The number of aryl methyl sites for hydroxylation is 1. The molecule has 1 aromatic rings. The lowest BCUT2D eigenvalue weighted by atomic mass is 10.1. The predicted octanol–water partition coefficient (Wildman–Crippen LogP) is 8.93. The molecule has 0 spiro atoms. The van der Waals surface area contributed by atoms with Crippen molar-refractivity contribution in [1.82, 2.24) is 14.9 Å². The SMILES string of the molecule is CCCCCCCCCCCCC=CC=CCCCCCCCCC(=O)NCCCn1ccnc1. The van der Waals surface area contributed by atoms with Crippen molar-refractivity contribution in [3.63, 3.8) is 0 Å². The lowest BCUT2D eigenvalue weighted by Crippen LogP contribution is -2.24. The number of carbonyl (C=O) groups excluding carboxylic acids is 1. The van der Waals surface area contributed by atoms with Gasteiger partial charge in [0.15, 0.2) is 0 Å². The first-order valence-corrected chi connectivity index (χ1v) is 14.9. The van der Waals surface area contributed by atoms with Gasteiger partial charge in [0, 0.05) is 31.9 Å². The highest BCUT2D eigenvalue weighted by Gasteiger charge is 2.00. The molecule has 0 aromatic carbocycles. The Labute approximate surface area is 217 Å². The van der Waals surface area contributed by atoms with Gasteiger partial charge >= 0.3 is 0 Å². The average Bonchev–Trinajstić information content (AvgIpc) is 3.38. The third-order valence-electron chi connectivity index (χ3n) is 6.61. The van der Waals surface area contributed by atoms with E-state index in [1.54, 1.807) is 6.20 Å². The van der Waals surface area contributed by atoms with Crippen LogP contribution in [0, 0.1) is 0 Å². The van der Waals surface area contributed by atoms with Crippen LogP contribution in [0.15, 0.2) is 43.0 Å². The first kappa shape index (κ1) is 31.2. The fourth-order valence-electron chi connectivity index (χ4n) is 4.35. The summed E-state index contributed by atoms with van der Waals surface area (Å²) in [5.41, 5.74) is 0. The summed E-state index contributed by atoms with van der Waals surface area (Å²) >= 11 is 0. The van der Waals surface area contributed by atoms with Crippen LogP contribution in [0.4, 0.5) is 0 Å². The van der Waals surface area contributed by atoms with Crippen LogP contribution in [0.25, 0.3) is 0 Å². The third kappa shape index (κ3) is 22.4. The molecule has 1 N–H and O–H groups in total. The number of aromatic nitrogens is 2. The fourth-order valence-corrected chi connectivity index (χ4v) is 4.35. The number of carbonyl (C=O) groups is 1. The van der Waals surface area contributed by atoms with Crippen LogP contribution in [-0.2, 0) is 11.3 Å². The lowest BCUT2D eigenvalue weighted by molar-refractivity contribution is -0.121. The molecule has 1 rings (SSSR count). The maximum absolute atomic E-state index is 11.9. The Bertz CT molecular complexity index is 621. The molecule has 4 nitrogen and oxygen atoms in total. The van der Waals surface area contributed by atoms with Crippen LogP contribution < -0.4 is 5.32 Å². The normalized spacial score (nSPS) is 11.7. The van der Waals surface area contributed by atoms with Crippen molar-refractivity contribution in [2.45, 2.75) is 142 Å². The monoisotopic (exact) mass is 485 g/mol. The number of hydrogen-bond donors (Lipinski definition) is 1. The molecule has 1 heterocycles. The molecule has 0 saturated carbocycles. The second kappa shape index (κ2) is 25.3. The van der Waals surface area contributed by atoms with Crippen molar-refractivity contribution in [2.75, 3.05) is 6.54 Å². The van der Waals surface area contributed by atoms with Crippen molar-refractivity contribution >= 4 is 5.91 Å². The van der Waals surface area contributed by atoms with Crippen molar-refractivity contribution in [3.05, 3.63) is 43.0 Å². The molecule has 0 aliphatic carbocycles. The number of unbranched alkanes of at least 4 members (excludes halogenated alkanes) is 16. The molecule has 35 heavy (non-hydrogen) atoms. The van der Waals surface area contributed by atoms with Gasteiger partial charge in [0.25, 0.3) is 0 Å². The topological polar surface area (TPSA) is 46.9 Å². The molecule has 0 bridgehead atoms. The van der Waals surface area contributed by atoms with E-state index in [1.165, 1.54) is 109 Å². The highest BCUT2D eigenvalue weighted by molar-refractivity contribution is 5.75. The second-order valence-electron chi connectivity index (χ2n) is 9.99. The van der Waals surface area contributed by atoms with Gasteiger partial charge < -0.3 is 9.88 Å². The molecule has 0 radical (unpaired) electrons. The van der Waals surface area contributed by atoms with E-state index >= 15 is 0 Å². The zero-order valence-electron chi connectivity index (χ0n) is 22.9. The molecule has 1 aromatic heterocycles. The molecule has 0 atom stereocenters. The van der Waals surface area contributed by atoms with Gasteiger partial charge in [0.2, 0.25) is 5.91 Å². The summed E-state index contributed by atoms with van der Waals surface area (Å²) in [7, 11) is 0. The Kier molecular flexibility index (Phi) is 22.5. The Morgan fingerprint density at radius 2 is 1.29 bits per heavy atom. The molecular weight excluding hydrogens is 430 g/mol. The number of imidazole rings is 1. The quantitative estimate of drug-likeness (QED) is 0.111. The van der Waals surface area contributed by atoms with Crippen molar-refractivity contribution in [3.8, 4) is 0 Å². The van der Waals surface area contributed by atoms with Crippen molar-refractivity contribution < 1.29 is 4.79 Å². The Hall–Kier alpha value is -1.84. The van der Waals surface area contributed by atoms with E-state index in [2.05, 4.69) is 41.5 Å². The summed E-state index contributed by atoms with van der Waals surface area (Å²) in [4.78, 5) is 15.9. The summed E-state index contributed by atoms with van der Waals surface area (Å²) < 4.78 is 2.04. The summed E-state index contributed by atoms with van der Waals surface area (Å²) in [5, 5.41) is 3.02. The fraction of sp³-hybridized carbons (Fsp3) is 0.742. The van der Waals surface area contributed by atoms with Crippen LogP contribution in [0.1, 0.15) is 135 Å².